The number of hydrogen-bond acceptors (Lipinski definition) is 4. The van der Waals surface area contributed by atoms with Crippen LogP contribution in [-0.4, -0.2) is 55.4 Å². The second kappa shape index (κ2) is 8.88. The summed E-state index contributed by atoms with van der Waals surface area (Å²) in [7, 11) is 0. The Morgan fingerprint density at radius 3 is 2.74 bits per heavy atom. The SMILES string of the molecule is Cc1ccc2c(c1)C(=O)NCCN(C(=O)C1CC1)CCCC(=O)NCCO2. The Morgan fingerprint density at radius 1 is 1.15 bits per heavy atom. The molecule has 0 atom stereocenters. The highest BCUT2D eigenvalue weighted by molar-refractivity contribution is 5.97. The van der Waals surface area contributed by atoms with Gasteiger partial charge in [-0.1, -0.05) is 11.6 Å². The number of hydrogen-bond donors (Lipinski definition) is 2. The summed E-state index contributed by atoms with van der Waals surface area (Å²) < 4.78 is 5.70. The third-order valence-corrected chi connectivity index (χ3v) is 4.80. The number of aryl methyl sites for hydroxylation is 1. The number of fused-ring (bicyclic) bond motifs is 1. The smallest absolute Gasteiger partial charge is 0.255 e. The molecule has 0 bridgehead atoms. The predicted molar refractivity (Wildman–Crippen MR) is 101 cm³/mol. The second-order valence-electron chi connectivity index (χ2n) is 7.16. The van der Waals surface area contributed by atoms with Crippen molar-refractivity contribution >= 4 is 17.7 Å². The van der Waals surface area contributed by atoms with Gasteiger partial charge in [-0.15, -0.1) is 0 Å². The Balaban J connectivity index is 1.72. The van der Waals surface area contributed by atoms with Gasteiger partial charge in [-0.3, -0.25) is 14.4 Å². The Bertz CT molecular complexity index is 715. The van der Waals surface area contributed by atoms with Gasteiger partial charge in [0.15, 0.2) is 0 Å². The third kappa shape index (κ3) is 5.45. The van der Waals surface area contributed by atoms with Gasteiger partial charge in [0, 0.05) is 32.0 Å². The molecule has 0 radical (unpaired) electrons. The van der Waals surface area contributed by atoms with E-state index in [1.165, 1.54) is 0 Å². The molecule has 7 nitrogen and oxygen atoms in total. The summed E-state index contributed by atoms with van der Waals surface area (Å²) in [5.41, 5.74) is 1.43. The van der Waals surface area contributed by atoms with Gasteiger partial charge in [-0.2, -0.15) is 0 Å². The highest BCUT2D eigenvalue weighted by Crippen LogP contribution is 2.31. The van der Waals surface area contributed by atoms with Crippen molar-refractivity contribution in [3.63, 3.8) is 0 Å². The molecule has 0 spiro atoms. The molecule has 27 heavy (non-hydrogen) atoms. The first kappa shape index (κ1) is 19.2. The minimum atomic E-state index is -0.216. The highest BCUT2D eigenvalue weighted by Gasteiger charge is 2.33. The predicted octanol–water partition coefficient (Wildman–Crippen LogP) is 1.25. The molecule has 3 amide bonds. The monoisotopic (exact) mass is 373 g/mol. The van der Waals surface area contributed by atoms with E-state index in [0.29, 0.717) is 56.9 Å². The van der Waals surface area contributed by atoms with Crippen molar-refractivity contribution in [1.82, 2.24) is 15.5 Å². The van der Waals surface area contributed by atoms with Crippen LogP contribution < -0.4 is 15.4 Å². The summed E-state index contributed by atoms with van der Waals surface area (Å²) >= 11 is 0. The molecule has 1 fully saturated rings. The Hall–Kier alpha value is -2.57. The lowest BCUT2D eigenvalue weighted by Crippen LogP contribution is -2.40. The molecule has 1 aromatic rings. The first-order valence-electron chi connectivity index (χ1n) is 9.62. The number of carbonyl (C=O) groups is 3. The van der Waals surface area contributed by atoms with Crippen LogP contribution in [0.5, 0.6) is 5.75 Å². The van der Waals surface area contributed by atoms with E-state index in [-0.39, 0.29) is 23.6 Å². The zero-order valence-electron chi connectivity index (χ0n) is 15.8. The van der Waals surface area contributed by atoms with Gasteiger partial charge in [-0.25, -0.2) is 0 Å². The number of nitrogens with one attached hydrogen (secondary N) is 2. The molecule has 0 unspecified atom stereocenters. The highest BCUT2D eigenvalue weighted by atomic mass is 16.5. The molecular weight excluding hydrogens is 346 g/mol. The van der Waals surface area contributed by atoms with Gasteiger partial charge in [-0.05, 0) is 38.3 Å². The maximum absolute atomic E-state index is 12.6. The quantitative estimate of drug-likeness (QED) is 0.776. The zero-order valence-corrected chi connectivity index (χ0v) is 15.8. The standard InChI is InChI=1S/C20H27N3O4/c1-14-4-7-17-16(13-14)19(25)22-8-11-23(20(26)15-5-6-15)10-2-3-18(24)21-9-12-27-17/h4,7,13,15H,2-3,5-6,8-12H2,1H3,(H,21,24)(H,22,25). The van der Waals surface area contributed by atoms with Crippen LogP contribution in [0.4, 0.5) is 0 Å². The number of ether oxygens (including phenoxy) is 1. The van der Waals surface area contributed by atoms with Crippen molar-refractivity contribution < 1.29 is 19.1 Å². The minimum absolute atomic E-state index is 0.0503. The summed E-state index contributed by atoms with van der Waals surface area (Å²) in [6.45, 7) is 3.94. The fraction of sp³-hybridized carbons (Fsp3) is 0.550. The molecule has 2 aliphatic rings. The largest absolute Gasteiger partial charge is 0.491 e. The van der Waals surface area contributed by atoms with Gasteiger partial charge >= 0.3 is 0 Å². The number of amides is 3. The Kier molecular flexibility index (Phi) is 6.32. The van der Waals surface area contributed by atoms with Crippen LogP contribution in [0.25, 0.3) is 0 Å². The number of nitrogens with zero attached hydrogens (tertiary/aromatic N) is 1. The summed E-state index contributed by atoms with van der Waals surface area (Å²) in [6.07, 6.45) is 2.85. The topological polar surface area (TPSA) is 87.7 Å². The van der Waals surface area contributed by atoms with Crippen molar-refractivity contribution in [3.8, 4) is 5.75 Å². The minimum Gasteiger partial charge on any atom is -0.491 e. The van der Waals surface area contributed by atoms with Crippen LogP contribution in [-0.2, 0) is 9.59 Å². The van der Waals surface area contributed by atoms with Crippen LogP contribution >= 0.6 is 0 Å². The van der Waals surface area contributed by atoms with E-state index in [1.807, 2.05) is 13.0 Å². The van der Waals surface area contributed by atoms with E-state index in [2.05, 4.69) is 10.6 Å². The first-order valence-corrected chi connectivity index (χ1v) is 9.62. The number of benzene rings is 1. The molecule has 7 heteroatoms. The van der Waals surface area contributed by atoms with Gasteiger partial charge in [0.2, 0.25) is 11.8 Å². The maximum atomic E-state index is 12.6. The first-order chi connectivity index (χ1) is 13.0. The molecule has 1 aliphatic heterocycles. The lowest BCUT2D eigenvalue weighted by Gasteiger charge is -2.23. The molecule has 1 aromatic carbocycles. The van der Waals surface area contributed by atoms with Gasteiger partial charge in [0.05, 0.1) is 12.1 Å². The van der Waals surface area contributed by atoms with E-state index in [9.17, 15) is 14.4 Å². The number of carbonyl (C=O) groups excluding carboxylic acids is 3. The van der Waals surface area contributed by atoms with Crippen LogP contribution in [0.15, 0.2) is 18.2 Å². The van der Waals surface area contributed by atoms with Crippen molar-refractivity contribution in [2.24, 2.45) is 5.92 Å². The summed E-state index contributed by atoms with van der Waals surface area (Å²) in [5.74, 6) is 0.479. The zero-order chi connectivity index (χ0) is 19.2. The van der Waals surface area contributed by atoms with E-state index in [0.717, 1.165) is 18.4 Å². The van der Waals surface area contributed by atoms with Gasteiger partial charge in [0.1, 0.15) is 12.4 Å². The Morgan fingerprint density at radius 2 is 1.96 bits per heavy atom. The molecule has 0 aromatic heterocycles. The molecule has 146 valence electrons. The van der Waals surface area contributed by atoms with Crippen LogP contribution in [0, 0.1) is 12.8 Å². The summed E-state index contributed by atoms with van der Waals surface area (Å²) in [4.78, 5) is 38.8. The van der Waals surface area contributed by atoms with Crippen molar-refractivity contribution in [1.29, 1.82) is 0 Å². The number of rotatable bonds is 1. The molecule has 1 aliphatic carbocycles. The fourth-order valence-electron chi connectivity index (χ4n) is 3.14. The molecule has 1 saturated carbocycles. The fourth-order valence-corrected chi connectivity index (χ4v) is 3.14. The van der Waals surface area contributed by atoms with Crippen molar-refractivity contribution in [2.75, 3.05) is 32.8 Å². The Labute approximate surface area is 159 Å². The lowest BCUT2D eigenvalue weighted by molar-refractivity contribution is -0.133. The summed E-state index contributed by atoms with van der Waals surface area (Å²) in [6, 6.07) is 5.44. The average Bonchev–Trinajstić information content (AvgIpc) is 3.48. The average molecular weight is 373 g/mol. The molecule has 0 saturated heterocycles. The van der Waals surface area contributed by atoms with Crippen molar-refractivity contribution in [3.05, 3.63) is 29.3 Å². The van der Waals surface area contributed by atoms with E-state index < -0.39 is 0 Å². The molecular formula is C20H27N3O4. The van der Waals surface area contributed by atoms with Crippen LogP contribution in [0.1, 0.15) is 41.6 Å². The second-order valence-corrected chi connectivity index (χ2v) is 7.16. The van der Waals surface area contributed by atoms with Gasteiger partial charge < -0.3 is 20.3 Å². The lowest BCUT2D eigenvalue weighted by atomic mass is 10.1. The van der Waals surface area contributed by atoms with E-state index in [4.69, 9.17) is 4.74 Å². The maximum Gasteiger partial charge on any atom is 0.255 e. The molecule has 2 N–H and O–H groups in total. The van der Waals surface area contributed by atoms with Crippen molar-refractivity contribution in [2.45, 2.75) is 32.6 Å². The van der Waals surface area contributed by atoms with E-state index >= 15 is 0 Å². The van der Waals surface area contributed by atoms with Crippen LogP contribution in [0.3, 0.4) is 0 Å². The normalized spacial score (nSPS) is 19.7. The summed E-state index contributed by atoms with van der Waals surface area (Å²) in [5, 5.41) is 5.71. The third-order valence-electron chi connectivity index (χ3n) is 4.80. The van der Waals surface area contributed by atoms with Gasteiger partial charge in [0.25, 0.3) is 5.91 Å². The van der Waals surface area contributed by atoms with E-state index in [1.54, 1.807) is 17.0 Å². The van der Waals surface area contributed by atoms with Crippen LogP contribution in [0.2, 0.25) is 0 Å². The molecule has 1 heterocycles. The molecule has 3 rings (SSSR count).